The Morgan fingerprint density at radius 2 is 2.10 bits per heavy atom. The standard InChI is InChI=1S/C22H26FN3O3/c23-19-3-5-20(6-4-19)29-16-22(27)26-9-7-21-18(14-26)15-28-11-10-25(21)13-17-2-1-8-24-12-17/h1-6,8,12,18,21H,7,9-11,13-16H2. The van der Waals surface area contributed by atoms with E-state index in [-0.39, 0.29) is 24.2 Å². The smallest absolute Gasteiger partial charge is 0.260 e. The molecule has 2 unspecified atom stereocenters. The molecule has 2 fully saturated rings. The van der Waals surface area contributed by atoms with Crippen molar-refractivity contribution in [2.75, 3.05) is 39.5 Å². The first-order valence-electron chi connectivity index (χ1n) is 10.1. The van der Waals surface area contributed by atoms with Crippen LogP contribution in [0.3, 0.4) is 0 Å². The summed E-state index contributed by atoms with van der Waals surface area (Å²) >= 11 is 0. The van der Waals surface area contributed by atoms with Crippen molar-refractivity contribution in [3.63, 3.8) is 0 Å². The molecule has 2 aromatic rings. The molecule has 2 aliphatic rings. The SMILES string of the molecule is O=C(COc1ccc(F)cc1)N1CCC2C(COCCN2Cc2cccnc2)C1. The molecule has 0 aliphatic carbocycles. The molecule has 0 bridgehead atoms. The average molecular weight is 399 g/mol. The Kier molecular flexibility index (Phi) is 6.36. The predicted molar refractivity (Wildman–Crippen MR) is 106 cm³/mol. The Bertz CT molecular complexity index is 803. The zero-order valence-electron chi connectivity index (χ0n) is 16.4. The van der Waals surface area contributed by atoms with E-state index in [0.29, 0.717) is 38.1 Å². The summed E-state index contributed by atoms with van der Waals surface area (Å²) in [5, 5.41) is 0. The lowest BCUT2D eigenvalue weighted by Gasteiger charge is -2.42. The summed E-state index contributed by atoms with van der Waals surface area (Å²) in [6.07, 6.45) is 4.61. The Morgan fingerprint density at radius 1 is 1.24 bits per heavy atom. The fraction of sp³-hybridized carbons (Fsp3) is 0.455. The maximum atomic E-state index is 13.0. The number of nitrogens with zero attached hydrogens (tertiary/aromatic N) is 3. The number of fused-ring (bicyclic) bond motifs is 1. The topological polar surface area (TPSA) is 54.9 Å². The molecule has 0 radical (unpaired) electrons. The van der Waals surface area contributed by atoms with Crippen LogP contribution in [0.5, 0.6) is 5.75 Å². The van der Waals surface area contributed by atoms with Crippen LogP contribution >= 0.6 is 0 Å². The Hall–Kier alpha value is -2.51. The molecular formula is C22H26FN3O3. The molecular weight excluding hydrogens is 373 g/mol. The number of halogens is 1. The molecule has 7 heteroatoms. The van der Waals surface area contributed by atoms with Crippen molar-refractivity contribution in [2.45, 2.75) is 19.0 Å². The Morgan fingerprint density at radius 3 is 2.90 bits per heavy atom. The first-order chi connectivity index (χ1) is 14.2. The Balaban J connectivity index is 1.34. The molecule has 2 aliphatic heterocycles. The molecule has 0 N–H and O–H groups in total. The van der Waals surface area contributed by atoms with Crippen LogP contribution in [0.25, 0.3) is 0 Å². The second-order valence-electron chi connectivity index (χ2n) is 7.61. The quantitative estimate of drug-likeness (QED) is 0.773. The van der Waals surface area contributed by atoms with Gasteiger partial charge in [0.15, 0.2) is 6.61 Å². The van der Waals surface area contributed by atoms with Crippen LogP contribution in [0.2, 0.25) is 0 Å². The number of aromatic nitrogens is 1. The van der Waals surface area contributed by atoms with Gasteiger partial charge in [-0.2, -0.15) is 0 Å². The third-order valence-corrected chi connectivity index (χ3v) is 5.65. The van der Waals surface area contributed by atoms with Crippen LogP contribution in [0, 0.1) is 11.7 Å². The zero-order valence-corrected chi connectivity index (χ0v) is 16.4. The minimum Gasteiger partial charge on any atom is -0.484 e. The predicted octanol–water partition coefficient (Wildman–Crippen LogP) is 2.35. The minimum atomic E-state index is -0.324. The summed E-state index contributed by atoms with van der Waals surface area (Å²) in [7, 11) is 0. The van der Waals surface area contributed by atoms with Crippen LogP contribution in [0.4, 0.5) is 4.39 Å². The van der Waals surface area contributed by atoms with Crippen molar-refractivity contribution in [1.82, 2.24) is 14.8 Å². The molecule has 6 nitrogen and oxygen atoms in total. The van der Waals surface area contributed by atoms with Crippen LogP contribution in [0.1, 0.15) is 12.0 Å². The largest absolute Gasteiger partial charge is 0.484 e. The van der Waals surface area contributed by atoms with E-state index in [9.17, 15) is 9.18 Å². The maximum Gasteiger partial charge on any atom is 0.260 e. The lowest BCUT2D eigenvalue weighted by Crippen LogP contribution is -2.53. The molecule has 0 spiro atoms. The van der Waals surface area contributed by atoms with E-state index in [0.717, 1.165) is 19.5 Å². The third-order valence-electron chi connectivity index (χ3n) is 5.65. The van der Waals surface area contributed by atoms with Gasteiger partial charge in [-0.05, 0) is 42.3 Å². The summed E-state index contributed by atoms with van der Waals surface area (Å²) in [4.78, 5) is 21.2. The van der Waals surface area contributed by atoms with Gasteiger partial charge in [0.05, 0.1) is 13.2 Å². The van der Waals surface area contributed by atoms with Gasteiger partial charge in [0.2, 0.25) is 0 Å². The van der Waals surface area contributed by atoms with Gasteiger partial charge in [0, 0.05) is 50.5 Å². The van der Waals surface area contributed by atoms with Crippen molar-refractivity contribution in [1.29, 1.82) is 0 Å². The number of hydrogen-bond donors (Lipinski definition) is 0. The van der Waals surface area contributed by atoms with Gasteiger partial charge in [-0.15, -0.1) is 0 Å². The number of benzene rings is 1. The number of rotatable bonds is 5. The second kappa shape index (κ2) is 9.33. The highest BCUT2D eigenvalue weighted by atomic mass is 19.1. The first-order valence-corrected chi connectivity index (χ1v) is 10.1. The van der Waals surface area contributed by atoms with Crippen molar-refractivity contribution >= 4 is 5.91 Å². The van der Waals surface area contributed by atoms with Gasteiger partial charge in [-0.1, -0.05) is 6.07 Å². The highest BCUT2D eigenvalue weighted by molar-refractivity contribution is 5.77. The Labute approximate surface area is 170 Å². The van der Waals surface area contributed by atoms with E-state index in [2.05, 4.69) is 16.0 Å². The molecule has 154 valence electrons. The zero-order chi connectivity index (χ0) is 20.1. The van der Waals surface area contributed by atoms with Crippen molar-refractivity contribution < 1.29 is 18.7 Å². The number of carbonyl (C=O) groups is 1. The highest BCUT2D eigenvalue weighted by Gasteiger charge is 2.36. The van der Waals surface area contributed by atoms with E-state index in [1.54, 1.807) is 6.20 Å². The molecule has 0 saturated carbocycles. The van der Waals surface area contributed by atoms with Crippen molar-refractivity contribution in [2.24, 2.45) is 5.92 Å². The molecule has 4 rings (SSSR count). The third kappa shape index (κ3) is 5.10. The molecule has 1 amide bonds. The highest BCUT2D eigenvalue weighted by Crippen LogP contribution is 2.26. The van der Waals surface area contributed by atoms with E-state index in [1.807, 2.05) is 17.2 Å². The van der Waals surface area contributed by atoms with E-state index >= 15 is 0 Å². The summed E-state index contributed by atoms with van der Waals surface area (Å²) in [5.74, 6) is 0.401. The average Bonchev–Trinajstić information content (AvgIpc) is 2.95. The van der Waals surface area contributed by atoms with E-state index in [1.165, 1.54) is 29.8 Å². The fourth-order valence-corrected chi connectivity index (χ4v) is 4.16. The van der Waals surface area contributed by atoms with E-state index < -0.39 is 0 Å². The number of amides is 1. The minimum absolute atomic E-state index is 0.0384. The molecule has 2 atom stereocenters. The van der Waals surface area contributed by atoms with Gasteiger partial charge in [-0.3, -0.25) is 14.7 Å². The number of likely N-dealkylation sites (tertiary alicyclic amines) is 1. The van der Waals surface area contributed by atoms with Crippen LogP contribution in [-0.4, -0.2) is 66.2 Å². The van der Waals surface area contributed by atoms with Gasteiger partial charge < -0.3 is 14.4 Å². The van der Waals surface area contributed by atoms with Gasteiger partial charge >= 0.3 is 0 Å². The molecule has 1 aromatic carbocycles. The summed E-state index contributed by atoms with van der Waals surface area (Å²) in [6.45, 7) is 4.43. The molecule has 1 aromatic heterocycles. The number of carbonyl (C=O) groups excluding carboxylic acids is 1. The monoisotopic (exact) mass is 399 g/mol. The van der Waals surface area contributed by atoms with Crippen LogP contribution < -0.4 is 4.74 Å². The van der Waals surface area contributed by atoms with Gasteiger partial charge in [-0.25, -0.2) is 4.39 Å². The van der Waals surface area contributed by atoms with Crippen LogP contribution in [0.15, 0.2) is 48.8 Å². The summed E-state index contributed by atoms with van der Waals surface area (Å²) < 4.78 is 24.4. The van der Waals surface area contributed by atoms with Crippen molar-refractivity contribution in [3.8, 4) is 5.75 Å². The lowest BCUT2D eigenvalue weighted by atomic mass is 9.91. The number of piperidine rings is 1. The number of pyridine rings is 1. The molecule has 2 saturated heterocycles. The molecule has 3 heterocycles. The van der Waals surface area contributed by atoms with E-state index in [4.69, 9.17) is 9.47 Å². The van der Waals surface area contributed by atoms with Crippen molar-refractivity contribution in [3.05, 3.63) is 60.2 Å². The maximum absolute atomic E-state index is 13.0. The lowest BCUT2D eigenvalue weighted by molar-refractivity contribution is -0.136. The fourth-order valence-electron chi connectivity index (χ4n) is 4.16. The second-order valence-corrected chi connectivity index (χ2v) is 7.61. The first kappa shape index (κ1) is 19.8. The normalized spacial score (nSPS) is 22.6. The summed E-state index contributed by atoms with van der Waals surface area (Å²) in [5.41, 5.74) is 1.19. The number of ether oxygens (including phenoxy) is 2. The summed E-state index contributed by atoms with van der Waals surface area (Å²) in [6, 6.07) is 10.2. The van der Waals surface area contributed by atoms with Gasteiger partial charge in [0.1, 0.15) is 11.6 Å². The number of hydrogen-bond acceptors (Lipinski definition) is 5. The van der Waals surface area contributed by atoms with Crippen LogP contribution in [-0.2, 0) is 16.1 Å². The molecule has 29 heavy (non-hydrogen) atoms. The van der Waals surface area contributed by atoms with Gasteiger partial charge in [0.25, 0.3) is 5.91 Å².